The van der Waals surface area contributed by atoms with Gasteiger partial charge in [0, 0.05) is 10.3 Å². The zero-order valence-corrected chi connectivity index (χ0v) is 8.62. The van der Waals surface area contributed by atoms with E-state index in [2.05, 4.69) is 12.6 Å². The van der Waals surface area contributed by atoms with Crippen molar-refractivity contribution >= 4 is 12.6 Å². The predicted molar refractivity (Wildman–Crippen MR) is 55.6 cm³/mol. The number of hydrogen-bond acceptors (Lipinski definition) is 3. The summed E-state index contributed by atoms with van der Waals surface area (Å²) in [5.41, 5.74) is 1.47. The van der Waals surface area contributed by atoms with Gasteiger partial charge < -0.3 is 10.2 Å². The highest BCUT2D eigenvalue weighted by atomic mass is 32.1. The van der Waals surface area contributed by atoms with Crippen molar-refractivity contribution in [2.24, 2.45) is 0 Å². The Kier molecular flexibility index (Phi) is 3.01. The van der Waals surface area contributed by atoms with Crippen molar-refractivity contribution in [3.63, 3.8) is 0 Å². The first-order chi connectivity index (χ1) is 5.91. The SMILES string of the molecule is CC(C)(S)c1cccc(C(O)O)c1. The lowest BCUT2D eigenvalue weighted by atomic mass is 10.00. The van der Waals surface area contributed by atoms with E-state index in [1.807, 2.05) is 19.9 Å². The molecule has 0 aliphatic rings. The standard InChI is InChI=1S/C10H14O2S/c1-10(2,13)8-5-3-4-7(6-8)9(11)12/h3-6,9,11-13H,1-2H3. The lowest BCUT2D eigenvalue weighted by Gasteiger charge is -2.19. The van der Waals surface area contributed by atoms with Gasteiger partial charge in [-0.2, -0.15) is 12.6 Å². The minimum Gasteiger partial charge on any atom is -0.364 e. The fraction of sp³-hybridized carbons (Fsp3) is 0.400. The Morgan fingerprint density at radius 3 is 2.38 bits per heavy atom. The molecule has 0 spiro atoms. The van der Waals surface area contributed by atoms with E-state index >= 15 is 0 Å². The van der Waals surface area contributed by atoms with Crippen LogP contribution >= 0.6 is 12.6 Å². The third-order valence-electron chi connectivity index (χ3n) is 1.89. The topological polar surface area (TPSA) is 40.5 Å². The number of rotatable bonds is 2. The average molecular weight is 198 g/mol. The van der Waals surface area contributed by atoms with Gasteiger partial charge in [-0.1, -0.05) is 18.2 Å². The lowest BCUT2D eigenvalue weighted by molar-refractivity contribution is -0.0425. The van der Waals surface area contributed by atoms with Gasteiger partial charge in [0.2, 0.25) is 0 Å². The van der Waals surface area contributed by atoms with E-state index in [1.165, 1.54) is 0 Å². The smallest absolute Gasteiger partial charge is 0.178 e. The van der Waals surface area contributed by atoms with Gasteiger partial charge >= 0.3 is 0 Å². The Morgan fingerprint density at radius 2 is 1.92 bits per heavy atom. The molecule has 1 rings (SSSR count). The average Bonchev–Trinajstić information content (AvgIpc) is 2.03. The maximum absolute atomic E-state index is 8.94. The maximum atomic E-state index is 8.94. The quantitative estimate of drug-likeness (QED) is 0.501. The third kappa shape index (κ3) is 2.72. The van der Waals surface area contributed by atoms with Crippen molar-refractivity contribution in [2.75, 3.05) is 0 Å². The van der Waals surface area contributed by atoms with Gasteiger partial charge in [-0.15, -0.1) is 0 Å². The molecule has 0 aliphatic heterocycles. The summed E-state index contributed by atoms with van der Waals surface area (Å²) in [5, 5.41) is 17.9. The van der Waals surface area contributed by atoms with Crippen LogP contribution in [0.3, 0.4) is 0 Å². The van der Waals surface area contributed by atoms with Crippen LogP contribution in [0.5, 0.6) is 0 Å². The Morgan fingerprint density at radius 1 is 1.31 bits per heavy atom. The van der Waals surface area contributed by atoms with Crippen LogP contribution in [-0.2, 0) is 4.75 Å². The van der Waals surface area contributed by atoms with Crippen LogP contribution in [0.25, 0.3) is 0 Å². The largest absolute Gasteiger partial charge is 0.364 e. The second-order valence-electron chi connectivity index (χ2n) is 3.56. The summed E-state index contributed by atoms with van der Waals surface area (Å²) in [5.74, 6) is 0. The van der Waals surface area contributed by atoms with Crippen molar-refractivity contribution in [3.05, 3.63) is 35.4 Å². The lowest BCUT2D eigenvalue weighted by Crippen LogP contribution is -2.08. The number of aliphatic hydroxyl groups excluding tert-OH is 1. The molecule has 1 aromatic carbocycles. The fourth-order valence-corrected chi connectivity index (χ4v) is 1.22. The van der Waals surface area contributed by atoms with Gasteiger partial charge in [0.25, 0.3) is 0 Å². The summed E-state index contributed by atoms with van der Waals surface area (Å²) in [6.07, 6.45) is -1.41. The predicted octanol–water partition coefficient (Wildman–Crippen LogP) is 1.83. The molecular weight excluding hydrogens is 184 g/mol. The first kappa shape index (κ1) is 10.6. The summed E-state index contributed by atoms with van der Waals surface area (Å²) >= 11 is 4.40. The zero-order chi connectivity index (χ0) is 10.1. The molecule has 0 radical (unpaired) electrons. The van der Waals surface area contributed by atoms with E-state index in [4.69, 9.17) is 10.2 Å². The molecule has 0 amide bonds. The first-order valence-electron chi connectivity index (χ1n) is 4.10. The molecule has 0 saturated heterocycles. The van der Waals surface area contributed by atoms with Gasteiger partial charge in [-0.05, 0) is 25.5 Å². The minimum absolute atomic E-state index is 0.259. The van der Waals surface area contributed by atoms with E-state index in [-0.39, 0.29) is 4.75 Å². The van der Waals surface area contributed by atoms with Crippen LogP contribution < -0.4 is 0 Å². The van der Waals surface area contributed by atoms with Crippen LogP contribution in [0.2, 0.25) is 0 Å². The van der Waals surface area contributed by atoms with E-state index in [0.29, 0.717) is 5.56 Å². The first-order valence-corrected chi connectivity index (χ1v) is 4.55. The third-order valence-corrected chi connectivity index (χ3v) is 2.15. The van der Waals surface area contributed by atoms with Crippen LogP contribution in [0.15, 0.2) is 24.3 Å². The van der Waals surface area contributed by atoms with Crippen molar-refractivity contribution < 1.29 is 10.2 Å². The van der Waals surface area contributed by atoms with E-state index < -0.39 is 6.29 Å². The van der Waals surface area contributed by atoms with Crippen LogP contribution in [0.4, 0.5) is 0 Å². The van der Waals surface area contributed by atoms with Crippen molar-refractivity contribution in [1.82, 2.24) is 0 Å². The van der Waals surface area contributed by atoms with Gasteiger partial charge in [-0.25, -0.2) is 0 Å². The maximum Gasteiger partial charge on any atom is 0.178 e. The highest BCUT2D eigenvalue weighted by Crippen LogP contribution is 2.28. The highest BCUT2D eigenvalue weighted by Gasteiger charge is 2.15. The molecule has 0 atom stereocenters. The van der Waals surface area contributed by atoms with Gasteiger partial charge in [0.05, 0.1) is 0 Å². The second-order valence-corrected chi connectivity index (χ2v) is 4.68. The Hall–Kier alpha value is -0.510. The molecule has 0 fully saturated rings. The molecule has 0 aromatic heterocycles. The molecular formula is C10H14O2S. The Balaban J connectivity index is 3.06. The molecule has 1 aromatic rings. The highest BCUT2D eigenvalue weighted by molar-refractivity contribution is 7.81. The summed E-state index contributed by atoms with van der Waals surface area (Å²) < 4.78 is -0.259. The van der Waals surface area contributed by atoms with E-state index in [9.17, 15) is 0 Å². The van der Waals surface area contributed by atoms with Crippen LogP contribution in [0, 0.1) is 0 Å². The number of hydrogen-bond donors (Lipinski definition) is 3. The molecule has 2 nitrogen and oxygen atoms in total. The van der Waals surface area contributed by atoms with Crippen LogP contribution in [-0.4, -0.2) is 10.2 Å². The van der Waals surface area contributed by atoms with E-state index in [0.717, 1.165) is 5.56 Å². The molecule has 0 saturated carbocycles. The van der Waals surface area contributed by atoms with Crippen molar-refractivity contribution in [2.45, 2.75) is 24.9 Å². The summed E-state index contributed by atoms with van der Waals surface area (Å²) in [4.78, 5) is 0. The van der Waals surface area contributed by atoms with Gasteiger partial charge in [-0.3, -0.25) is 0 Å². The minimum atomic E-state index is -1.41. The summed E-state index contributed by atoms with van der Waals surface area (Å²) in [7, 11) is 0. The van der Waals surface area contributed by atoms with Crippen molar-refractivity contribution in [1.29, 1.82) is 0 Å². The molecule has 0 unspecified atom stereocenters. The summed E-state index contributed by atoms with van der Waals surface area (Å²) in [6, 6.07) is 7.13. The Labute approximate surface area is 83.6 Å². The molecule has 2 N–H and O–H groups in total. The summed E-state index contributed by atoms with van der Waals surface area (Å²) in [6.45, 7) is 3.91. The number of aliphatic hydroxyl groups is 2. The monoisotopic (exact) mass is 198 g/mol. The molecule has 0 bridgehead atoms. The molecule has 0 aliphatic carbocycles. The van der Waals surface area contributed by atoms with Crippen molar-refractivity contribution in [3.8, 4) is 0 Å². The zero-order valence-electron chi connectivity index (χ0n) is 7.73. The number of benzene rings is 1. The normalized spacial score (nSPS) is 12.2. The molecule has 0 heterocycles. The number of thiol groups is 1. The molecule has 3 heteroatoms. The van der Waals surface area contributed by atoms with Gasteiger partial charge in [0.1, 0.15) is 0 Å². The van der Waals surface area contributed by atoms with E-state index in [1.54, 1.807) is 18.2 Å². The molecule has 13 heavy (non-hydrogen) atoms. The fourth-order valence-electron chi connectivity index (χ4n) is 1.08. The molecule has 72 valence electrons. The van der Waals surface area contributed by atoms with Crippen LogP contribution in [0.1, 0.15) is 31.3 Å². The Bertz CT molecular complexity index is 289. The van der Waals surface area contributed by atoms with Gasteiger partial charge in [0.15, 0.2) is 6.29 Å². The second kappa shape index (κ2) is 3.70.